The Morgan fingerprint density at radius 1 is 0.862 bits per heavy atom. The van der Waals surface area contributed by atoms with E-state index >= 15 is 0 Å². The minimum Gasteiger partial charge on any atom is -0.463 e. The zero-order valence-corrected chi connectivity index (χ0v) is 16.3. The standard InChI is InChI=1S/C21H13Cl2N3O3/c22-14-9-8-13(11-15(14)23)25-20(27)17-18(16-7-4-10-29-16)24-26(19(17)21(25)28)12-5-2-1-3-6-12/h1-11,17,19H/t17-,19+/m0/s1. The number of furan rings is 1. The summed E-state index contributed by atoms with van der Waals surface area (Å²) >= 11 is 12.1. The van der Waals surface area contributed by atoms with E-state index in [9.17, 15) is 9.59 Å². The first-order valence-electron chi connectivity index (χ1n) is 8.86. The summed E-state index contributed by atoms with van der Waals surface area (Å²) < 4.78 is 5.49. The highest BCUT2D eigenvalue weighted by molar-refractivity contribution is 6.42. The number of hydrogen-bond donors (Lipinski definition) is 0. The molecule has 0 N–H and O–H groups in total. The fourth-order valence-corrected chi connectivity index (χ4v) is 4.01. The molecule has 8 heteroatoms. The van der Waals surface area contributed by atoms with E-state index < -0.39 is 12.0 Å². The molecule has 0 spiro atoms. The summed E-state index contributed by atoms with van der Waals surface area (Å²) in [4.78, 5) is 27.9. The van der Waals surface area contributed by atoms with E-state index in [2.05, 4.69) is 5.10 Å². The lowest BCUT2D eigenvalue weighted by Gasteiger charge is -2.22. The lowest BCUT2D eigenvalue weighted by Crippen LogP contribution is -2.39. The van der Waals surface area contributed by atoms with Crippen LogP contribution in [0, 0.1) is 5.92 Å². The van der Waals surface area contributed by atoms with Crippen LogP contribution in [0.25, 0.3) is 0 Å². The summed E-state index contributed by atoms with van der Waals surface area (Å²) in [5.41, 5.74) is 1.50. The third kappa shape index (κ3) is 2.75. The molecule has 2 amide bonds. The second-order valence-corrected chi connectivity index (χ2v) is 7.49. The summed E-state index contributed by atoms with van der Waals surface area (Å²) in [5, 5.41) is 6.78. The number of fused-ring (bicyclic) bond motifs is 1. The van der Waals surface area contributed by atoms with Gasteiger partial charge in [-0.05, 0) is 42.5 Å². The lowest BCUT2D eigenvalue weighted by molar-refractivity contribution is -0.121. The molecule has 3 aromatic rings. The van der Waals surface area contributed by atoms with Crippen LogP contribution in [0.3, 0.4) is 0 Å². The van der Waals surface area contributed by atoms with Crippen LogP contribution in [0.15, 0.2) is 76.4 Å². The molecular formula is C21H13Cl2N3O3. The molecule has 5 rings (SSSR count). The number of nitrogens with zero attached hydrogens (tertiary/aromatic N) is 3. The van der Waals surface area contributed by atoms with E-state index in [0.29, 0.717) is 27.9 Å². The molecule has 0 unspecified atom stereocenters. The monoisotopic (exact) mass is 425 g/mol. The van der Waals surface area contributed by atoms with Crippen molar-refractivity contribution in [2.45, 2.75) is 6.04 Å². The Morgan fingerprint density at radius 2 is 1.66 bits per heavy atom. The molecule has 2 aromatic carbocycles. The van der Waals surface area contributed by atoms with Crippen LogP contribution in [0.2, 0.25) is 10.0 Å². The Balaban J connectivity index is 1.63. The van der Waals surface area contributed by atoms with Crippen LogP contribution < -0.4 is 9.91 Å². The normalized spacial score (nSPS) is 21.0. The number of carbonyl (C=O) groups is 2. The third-order valence-corrected chi connectivity index (χ3v) is 5.74. The maximum atomic E-state index is 13.4. The van der Waals surface area contributed by atoms with E-state index in [0.717, 1.165) is 4.90 Å². The number of imide groups is 1. The summed E-state index contributed by atoms with van der Waals surface area (Å²) in [6.45, 7) is 0. The molecule has 0 radical (unpaired) electrons. The van der Waals surface area contributed by atoms with Gasteiger partial charge in [0, 0.05) is 0 Å². The summed E-state index contributed by atoms with van der Waals surface area (Å²) in [6.07, 6.45) is 1.51. The van der Waals surface area contributed by atoms with Crippen molar-refractivity contribution in [3.05, 3.63) is 82.7 Å². The fraction of sp³-hybridized carbons (Fsp3) is 0.0952. The highest BCUT2D eigenvalue weighted by Gasteiger charge is 2.58. The first-order valence-corrected chi connectivity index (χ1v) is 9.61. The predicted molar refractivity (Wildman–Crippen MR) is 110 cm³/mol. The molecule has 0 aliphatic carbocycles. The third-order valence-electron chi connectivity index (χ3n) is 5.00. The quantitative estimate of drug-likeness (QED) is 0.584. The summed E-state index contributed by atoms with van der Waals surface area (Å²) in [5.74, 6) is -1.10. The SMILES string of the molecule is O=C1[C@H]2C(c3ccco3)=NN(c3ccccc3)[C@H]2C(=O)N1c1ccc(Cl)c(Cl)c1. The molecule has 0 bridgehead atoms. The van der Waals surface area contributed by atoms with E-state index in [1.807, 2.05) is 30.3 Å². The Bertz CT molecular complexity index is 1150. The Morgan fingerprint density at radius 3 is 2.34 bits per heavy atom. The molecular weight excluding hydrogens is 413 g/mol. The molecule has 1 saturated heterocycles. The van der Waals surface area contributed by atoms with Crippen LogP contribution in [-0.4, -0.2) is 23.6 Å². The number of rotatable bonds is 3. The van der Waals surface area contributed by atoms with Crippen molar-refractivity contribution in [2.24, 2.45) is 11.0 Å². The number of benzene rings is 2. The molecule has 0 saturated carbocycles. The number of hydrogen-bond acceptors (Lipinski definition) is 5. The van der Waals surface area contributed by atoms with Gasteiger partial charge in [-0.15, -0.1) is 0 Å². The number of para-hydroxylation sites is 1. The molecule has 1 aromatic heterocycles. The zero-order chi connectivity index (χ0) is 20.1. The van der Waals surface area contributed by atoms with Gasteiger partial charge in [-0.3, -0.25) is 14.6 Å². The molecule has 29 heavy (non-hydrogen) atoms. The van der Waals surface area contributed by atoms with Crippen molar-refractivity contribution in [1.29, 1.82) is 0 Å². The first-order chi connectivity index (χ1) is 14.1. The minimum absolute atomic E-state index is 0.265. The van der Waals surface area contributed by atoms with Gasteiger partial charge in [0.2, 0.25) is 5.91 Å². The average Bonchev–Trinajstić information content (AvgIpc) is 3.43. The average molecular weight is 426 g/mol. The molecule has 144 valence electrons. The molecule has 1 fully saturated rings. The zero-order valence-electron chi connectivity index (χ0n) is 14.8. The van der Waals surface area contributed by atoms with Gasteiger partial charge < -0.3 is 4.42 Å². The topological polar surface area (TPSA) is 66.1 Å². The lowest BCUT2D eigenvalue weighted by atomic mass is 9.96. The van der Waals surface area contributed by atoms with Crippen molar-refractivity contribution in [3.8, 4) is 0 Å². The summed E-state index contributed by atoms with van der Waals surface area (Å²) in [7, 11) is 0. The molecule has 2 aliphatic rings. The van der Waals surface area contributed by atoms with E-state index in [1.54, 1.807) is 29.3 Å². The Kier molecular flexibility index (Phi) is 4.19. The van der Waals surface area contributed by atoms with Gasteiger partial charge in [0.05, 0.1) is 27.7 Å². The van der Waals surface area contributed by atoms with Crippen molar-refractivity contribution < 1.29 is 14.0 Å². The van der Waals surface area contributed by atoms with Crippen LogP contribution in [-0.2, 0) is 9.59 Å². The molecule has 2 aliphatic heterocycles. The number of anilines is 2. The predicted octanol–water partition coefficient (Wildman–Crippen LogP) is 4.37. The van der Waals surface area contributed by atoms with Crippen LogP contribution >= 0.6 is 23.2 Å². The van der Waals surface area contributed by atoms with Gasteiger partial charge in [0.1, 0.15) is 17.7 Å². The van der Waals surface area contributed by atoms with Gasteiger partial charge >= 0.3 is 0 Å². The van der Waals surface area contributed by atoms with Crippen LogP contribution in [0.4, 0.5) is 11.4 Å². The molecule has 2 atom stereocenters. The highest BCUT2D eigenvalue weighted by atomic mass is 35.5. The maximum absolute atomic E-state index is 13.4. The number of halogens is 2. The van der Waals surface area contributed by atoms with Gasteiger partial charge in [-0.25, -0.2) is 4.90 Å². The van der Waals surface area contributed by atoms with Crippen LogP contribution in [0.1, 0.15) is 5.76 Å². The number of amides is 2. The Hall–Kier alpha value is -3.09. The van der Waals surface area contributed by atoms with Gasteiger partial charge in [-0.1, -0.05) is 41.4 Å². The molecule has 6 nitrogen and oxygen atoms in total. The molecule has 3 heterocycles. The van der Waals surface area contributed by atoms with E-state index in [4.69, 9.17) is 27.6 Å². The fourth-order valence-electron chi connectivity index (χ4n) is 3.71. The first kappa shape index (κ1) is 18.0. The van der Waals surface area contributed by atoms with Gasteiger partial charge in [0.25, 0.3) is 5.91 Å². The van der Waals surface area contributed by atoms with Crippen LogP contribution in [0.5, 0.6) is 0 Å². The second kappa shape index (κ2) is 6.76. The largest absolute Gasteiger partial charge is 0.463 e. The van der Waals surface area contributed by atoms with E-state index in [-0.39, 0.29) is 16.8 Å². The number of hydrazone groups is 1. The van der Waals surface area contributed by atoms with Crippen molar-refractivity contribution in [1.82, 2.24) is 0 Å². The van der Waals surface area contributed by atoms with Gasteiger partial charge in [-0.2, -0.15) is 5.10 Å². The van der Waals surface area contributed by atoms with Gasteiger partial charge in [0.15, 0.2) is 5.76 Å². The highest BCUT2D eigenvalue weighted by Crippen LogP contribution is 2.40. The van der Waals surface area contributed by atoms with Crippen molar-refractivity contribution in [2.75, 3.05) is 9.91 Å². The van der Waals surface area contributed by atoms with Crippen molar-refractivity contribution in [3.63, 3.8) is 0 Å². The minimum atomic E-state index is -0.806. The van der Waals surface area contributed by atoms with Crippen molar-refractivity contribution >= 4 is 52.1 Å². The number of carbonyl (C=O) groups excluding carboxylic acids is 2. The summed E-state index contributed by atoms with van der Waals surface area (Å²) in [6, 6.07) is 16.6. The Labute approximate surface area is 175 Å². The van der Waals surface area contributed by atoms with E-state index in [1.165, 1.54) is 12.3 Å². The second-order valence-electron chi connectivity index (χ2n) is 6.68. The maximum Gasteiger partial charge on any atom is 0.259 e. The smallest absolute Gasteiger partial charge is 0.259 e.